The molecule has 0 amide bonds. The first-order valence-corrected chi connectivity index (χ1v) is 3.21. The molecule has 2 bridgehead atoms. The molecule has 2 rings (SSSR count). The lowest BCUT2D eigenvalue weighted by atomic mass is 10.1. The zero-order valence-corrected chi connectivity index (χ0v) is 5.22. The van der Waals surface area contributed by atoms with Crippen LogP contribution in [-0.4, -0.2) is 6.54 Å². The summed E-state index contributed by atoms with van der Waals surface area (Å²) in [5.41, 5.74) is 9.66. The highest BCUT2D eigenvalue weighted by atomic mass is 14.5. The van der Waals surface area contributed by atoms with Crippen LogP contribution < -0.4 is 5.73 Å². The van der Waals surface area contributed by atoms with E-state index in [-0.39, 0.29) is 0 Å². The fraction of sp³-hybridized carbons (Fsp3) is 0.250. The van der Waals surface area contributed by atoms with Crippen molar-refractivity contribution in [2.75, 3.05) is 6.54 Å². The van der Waals surface area contributed by atoms with Gasteiger partial charge in [-0.2, -0.15) is 0 Å². The van der Waals surface area contributed by atoms with E-state index in [4.69, 9.17) is 5.73 Å². The predicted molar refractivity (Wildman–Crippen MR) is 37.9 cm³/mol. The average Bonchev–Trinajstić information content (AvgIpc) is 2.45. The molecule has 0 atom stereocenters. The van der Waals surface area contributed by atoms with E-state index >= 15 is 0 Å². The Hall–Kier alpha value is -0.820. The van der Waals surface area contributed by atoms with Gasteiger partial charge in [-0.1, -0.05) is 18.2 Å². The van der Waals surface area contributed by atoms with Gasteiger partial charge in [0.15, 0.2) is 0 Å². The smallest absolute Gasteiger partial charge is 0.0181 e. The van der Waals surface area contributed by atoms with E-state index in [9.17, 15) is 0 Å². The van der Waals surface area contributed by atoms with Gasteiger partial charge in [0.25, 0.3) is 0 Å². The third-order valence-electron chi connectivity index (χ3n) is 1.89. The van der Waals surface area contributed by atoms with Gasteiger partial charge in [0.2, 0.25) is 0 Å². The first-order chi connectivity index (χ1) is 4.40. The summed E-state index contributed by atoms with van der Waals surface area (Å²) >= 11 is 0. The van der Waals surface area contributed by atoms with E-state index in [0.717, 1.165) is 6.42 Å². The Kier molecular flexibility index (Phi) is 0.878. The third kappa shape index (κ3) is 0.583. The standard InChI is InChI=1S/C8H9N/c9-5-8-4-6-1-2-7(8)3-6/h1-2,4H,3,5,9H2. The molecule has 0 aliphatic heterocycles. The normalized spacial score (nSPS) is 21.7. The van der Waals surface area contributed by atoms with Crippen molar-refractivity contribution in [3.63, 3.8) is 0 Å². The highest BCUT2D eigenvalue weighted by molar-refractivity contribution is 5.55. The van der Waals surface area contributed by atoms with E-state index in [1.807, 2.05) is 0 Å². The molecule has 2 aliphatic carbocycles. The molecule has 0 saturated carbocycles. The van der Waals surface area contributed by atoms with Crippen LogP contribution in [0.25, 0.3) is 0 Å². The van der Waals surface area contributed by atoms with Gasteiger partial charge in [0.1, 0.15) is 0 Å². The quantitative estimate of drug-likeness (QED) is 0.550. The van der Waals surface area contributed by atoms with Gasteiger partial charge in [-0.05, 0) is 23.1 Å². The van der Waals surface area contributed by atoms with E-state index in [0.29, 0.717) is 6.54 Å². The highest BCUT2D eigenvalue weighted by Crippen LogP contribution is 2.32. The van der Waals surface area contributed by atoms with E-state index in [1.54, 1.807) is 0 Å². The van der Waals surface area contributed by atoms with Crippen molar-refractivity contribution in [2.45, 2.75) is 6.42 Å². The lowest BCUT2D eigenvalue weighted by molar-refractivity contribution is 1.16. The Labute approximate surface area is 54.6 Å². The van der Waals surface area contributed by atoms with Crippen LogP contribution in [0.3, 0.4) is 0 Å². The third-order valence-corrected chi connectivity index (χ3v) is 1.89. The highest BCUT2D eigenvalue weighted by Gasteiger charge is 2.15. The molecular formula is C8H9N. The largest absolute Gasteiger partial charge is 0.326 e. The minimum atomic E-state index is 0.698. The molecule has 46 valence electrons. The summed E-state index contributed by atoms with van der Waals surface area (Å²) in [6.07, 6.45) is 7.65. The maximum absolute atomic E-state index is 5.48. The first kappa shape index (κ1) is 5.00. The molecule has 0 aromatic rings. The molecule has 0 fully saturated rings. The molecule has 1 nitrogen and oxygen atoms in total. The maximum Gasteiger partial charge on any atom is 0.0181 e. The van der Waals surface area contributed by atoms with Gasteiger partial charge >= 0.3 is 0 Å². The second kappa shape index (κ2) is 1.58. The van der Waals surface area contributed by atoms with Gasteiger partial charge in [0.05, 0.1) is 0 Å². The van der Waals surface area contributed by atoms with Crippen LogP contribution in [0.5, 0.6) is 0 Å². The summed E-state index contributed by atoms with van der Waals surface area (Å²) in [4.78, 5) is 0. The van der Waals surface area contributed by atoms with Crippen LogP contribution in [0.4, 0.5) is 0 Å². The minimum Gasteiger partial charge on any atom is -0.326 e. The summed E-state index contributed by atoms with van der Waals surface area (Å²) in [5, 5.41) is 0. The van der Waals surface area contributed by atoms with Crippen molar-refractivity contribution < 1.29 is 0 Å². The van der Waals surface area contributed by atoms with E-state index < -0.39 is 0 Å². The number of allylic oxidation sites excluding steroid dienone is 4. The van der Waals surface area contributed by atoms with Gasteiger partial charge in [-0.25, -0.2) is 0 Å². The Balaban J connectivity index is 2.45. The molecule has 2 N–H and O–H groups in total. The summed E-state index contributed by atoms with van der Waals surface area (Å²) in [6.45, 7) is 0.698. The Morgan fingerprint density at radius 3 is 2.67 bits per heavy atom. The van der Waals surface area contributed by atoms with Crippen molar-refractivity contribution in [3.05, 3.63) is 34.9 Å². The molecule has 0 unspecified atom stereocenters. The Morgan fingerprint density at radius 1 is 1.44 bits per heavy atom. The molecule has 0 aromatic heterocycles. The fourth-order valence-corrected chi connectivity index (χ4v) is 1.37. The number of nitrogens with two attached hydrogens (primary N) is 1. The van der Waals surface area contributed by atoms with E-state index in [2.05, 4.69) is 18.2 Å². The molecule has 1 heteroatoms. The van der Waals surface area contributed by atoms with Crippen LogP contribution in [0, 0.1) is 0 Å². The minimum absolute atomic E-state index is 0.698. The molecule has 0 saturated heterocycles. The summed E-state index contributed by atoms with van der Waals surface area (Å²) in [6, 6.07) is 0. The zero-order chi connectivity index (χ0) is 6.27. The van der Waals surface area contributed by atoms with Gasteiger partial charge in [-0.15, -0.1) is 0 Å². The lowest BCUT2D eigenvalue weighted by Crippen LogP contribution is -2.01. The Morgan fingerprint density at radius 2 is 2.33 bits per heavy atom. The van der Waals surface area contributed by atoms with E-state index in [1.165, 1.54) is 16.7 Å². The molecule has 0 spiro atoms. The van der Waals surface area contributed by atoms with Crippen LogP contribution >= 0.6 is 0 Å². The molecule has 0 aromatic carbocycles. The van der Waals surface area contributed by atoms with Gasteiger partial charge in [-0.3, -0.25) is 0 Å². The van der Waals surface area contributed by atoms with Crippen molar-refractivity contribution >= 4 is 0 Å². The molecular weight excluding hydrogens is 110 g/mol. The molecule has 0 heterocycles. The lowest BCUT2D eigenvalue weighted by Gasteiger charge is -1.95. The van der Waals surface area contributed by atoms with Crippen LogP contribution in [-0.2, 0) is 0 Å². The first-order valence-electron chi connectivity index (χ1n) is 3.21. The summed E-state index contributed by atoms with van der Waals surface area (Å²) in [5.74, 6) is 0. The van der Waals surface area contributed by atoms with Crippen LogP contribution in [0.1, 0.15) is 6.42 Å². The SMILES string of the molecule is NCC1=C2C=CC(=C1)C2. The second-order valence-electron chi connectivity index (χ2n) is 2.48. The van der Waals surface area contributed by atoms with Crippen molar-refractivity contribution in [3.8, 4) is 0 Å². The number of hydrogen-bond acceptors (Lipinski definition) is 1. The monoisotopic (exact) mass is 119 g/mol. The average molecular weight is 119 g/mol. The molecule has 2 aliphatic rings. The number of rotatable bonds is 1. The summed E-state index contributed by atoms with van der Waals surface area (Å²) in [7, 11) is 0. The topological polar surface area (TPSA) is 26.0 Å². The van der Waals surface area contributed by atoms with Crippen molar-refractivity contribution in [1.29, 1.82) is 0 Å². The van der Waals surface area contributed by atoms with Gasteiger partial charge in [0, 0.05) is 6.54 Å². The van der Waals surface area contributed by atoms with Crippen molar-refractivity contribution in [1.82, 2.24) is 0 Å². The number of hydrogen-bond donors (Lipinski definition) is 1. The number of fused-ring (bicyclic) bond motifs is 2. The van der Waals surface area contributed by atoms with Crippen LogP contribution in [0.2, 0.25) is 0 Å². The fourth-order valence-electron chi connectivity index (χ4n) is 1.37. The maximum atomic E-state index is 5.48. The molecule has 9 heavy (non-hydrogen) atoms. The van der Waals surface area contributed by atoms with Gasteiger partial charge < -0.3 is 5.73 Å². The summed E-state index contributed by atoms with van der Waals surface area (Å²) < 4.78 is 0. The van der Waals surface area contributed by atoms with Crippen LogP contribution in [0.15, 0.2) is 34.9 Å². The Bertz CT molecular complexity index is 231. The van der Waals surface area contributed by atoms with Crippen molar-refractivity contribution in [2.24, 2.45) is 5.73 Å². The molecule has 0 radical (unpaired) electrons. The predicted octanol–water partition coefficient (Wildman–Crippen LogP) is 1.14. The second-order valence-corrected chi connectivity index (χ2v) is 2.48. The zero-order valence-electron chi connectivity index (χ0n) is 5.22.